The molecule has 0 fully saturated rings. The highest BCUT2D eigenvalue weighted by molar-refractivity contribution is 5.91. The van der Waals surface area contributed by atoms with Crippen LogP contribution in [0, 0.1) is 5.92 Å². The van der Waals surface area contributed by atoms with Gasteiger partial charge in [0, 0.05) is 25.7 Å². The predicted octanol–water partition coefficient (Wildman–Crippen LogP) is 1.62. The lowest BCUT2D eigenvalue weighted by molar-refractivity contribution is 0.0899. The molecule has 1 aliphatic heterocycles. The summed E-state index contributed by atoms with van der Waals surface area (Å²) in [5.41, 5.74) is 3.17. The predicted molar refractivity (Wildman–Crippen MR) is 87.9 cm³/mol. The largest absolute Gasteiger partial charge is 0.349 e. The van der Waals surface area contributed by atoms with Crippen LogP contribution < -0.4 is 5.32 Å². The Morgan fingerprint density at radius 2 is 2.13 bits per heavy atom. The number of hydrogen-bond acceptors (Lipinski definition) is 4. The maximum atomic E-state index is 12.1. The number of benzene rings is 1. The minimum Gasteiger partial charge on any atom is -0.349 e. The molecule has 0 spiro atoms. The van der Waals surface area contributed by atoms with Crippen molar-refractivity contribution in [2.24, 2.45) is 5.92 Å². The van der Waals surface area contributed by atoms with Gasteiger partial charge in [-0.25, -0.2) is 0 Å². The zero-order valence-corrected chi connectivity index (χ0v) is 13.6. The maximum Gasteiger partial charge on any atom is 0.273 e. The van der Waals surface area contributed by atoms with Gasteiger partial charge in [0.05, 0.1) is 6.20 Å². The van der Waals surface area contributed by atoms with Crippen LogP contribution in [0.3, 0.4) is 0 Å². The Labute approximate surface area is 136 Å². The molecule has 2 N–H and O–H groups in total. The molecule has 1 aromatic carbocycles. The number of fused-ring (bicyclic) bond motifs is 1. The van der Waals surface area contributed by atoms with Crippen molar-refractivity contribution < 1.29 is 4.79 Å². The van der Waals surface area contributed by atoms with Gasteiger partial charge in [-0.2, -0.15) is 15.4 Å². The molecule has 1 amide bonds. The van der Waals surface area contributed by atoms with Crippen LogP contribution in [-0.2, 0) is 13.0 Å². The lowest BCUT2D eigenvalue weighted by atomic mass is 9.95. The molecule has 1 aliphatic rings. The molecule has 0 aliphatic carbocycles. The fourth-order valence-corrected chi connectivity index (χ4v) is 3.19. The Morgan fingerprint density at radius 1 is 1.35 bits per heavy atom. The quantitative estimate of drug-likeness (QED) is 0.879. The second-order valence-electron chi connectivity index (χ2n) is 6.37. The molecule has 0 unspecified atom stereocenters. The highest BCUT2D eigenvalue weighted by Crippen LogP contribution is 2.22. The first kappa shape index (κ1) is 15.7. The molecule has 1 atom stereocenters. The Balaban J connectivity index is 1.64. The number of H-pyrrole nitrogens is 1. The Kier molecular flexibility index (Phi) is 4.71. The SMILES string of the molecule is CC(C)[C@H](CNC(=O)c1cn[nH]n1)N1CCc2ccccc2C1. The summed E-state index contributed by atoms with van der Waals surface area (Å²) in [6, 6.07) is 8.92. The number of aromatic amines is 1. The number of nitrogens with one attached hydrogen (secondary N) is 2. The van der Waals surface area contributed by atoms with E-state index in [0.717, 1.165) is 19.5 Å². The van der Waals surface area contributed by atoms with Gasteiger partial charge in [-0.05, 0) is 23.5 Å². The average molecular weight is 313 g/mol. The van der Waals surface area contributed by atoms with Crippen molar-refractivity contribution in [2.75, 3.05) is 13.1 Å². The maximum absolute atomic E-state index is 12.1. The third-order valence-electron chi connectivity index (χ3n) is 4.52. The number of carbonyl (C=O) groups excluding carboxylic acids is 1. The van der Waals surface area contributed by atoms with E-state index < -0.39 is 0 Å². The van der Waals surface area contributed by atoms with Crippen LogP contribution in [0.2, 0.25) is 0 Å². The molecule has 23 heavy (non-hydrogen) atoms. The third kappa shape index (κ3) is 3.59. The number of amides is 1. The standard InChI is InChI=1S/C17H23N5O/c1-12(2)16(10-18-17(23)15-9-19-21-20-15)22-8-7-13-5-3-4-6-14(13)11-22/h3-6,9,12,16H,7-8,10-11H2,1-2H3,(H,18,23)(H,19,20,21)/t16-/m0/s1. The lowest BCUT2D eigenvalue weighted by Crippen LogP contribution is -2.48. The van der Waals surface area contributed by atoms with E-state index in [1.54, 1.807) is 0 Å². The molecule has 122 valence electrons. The Hall–Kier alpha value is -2.21. The zero-order chi connectivity index (χ0) is 16.2. The van der Waals surface area contributed by atoms with Crippen LogP contribution in [0.4, 0.5) is 0 Å². The van der Waals surface area contributed by atoms with Crippen LogP contribution in [0.25, 0.3) is 0 Å². The first-order chi connectivity index (χ1) is 11.1. The van der Waals surface area contributed by atoms with Gasteiger partial charge in [0.15, 0.2) is 5.69 Å². The number of rotatable bonds is 5. The molecule has 1 aromatic heterocycles. The highest BCUT2D eigenvalue weighted by atomic mass is 16.2. The lowest BCUT2D eigenvalue weighted by Gasteiger charge is -2.37. The number of carbonyl (C=O) groups is 1. The van der Waals surface area contributed by atoms with Crippen molar-refractivity contribution in [3.05, 3.63) is 47.3 Å². The number of aromatic nitrogens is 3. The minimum absolute atomic E-state index is 0.179. The first-order valence-electron chi connectivity index (χ1n) is 8.10. The van der Waals surface area contributed by atoms with Crippen molar-refractivity contribution in [2.45, 2.75) is 32.9 Å². The third-order valence-corrected chi connectivity index (χ3v) is 4.52. The number of nitrogens with zero attached hydrogens (tertiary/aromatic N) is 3. The van der Waals surface area contributed by atoms with Gasteiger partial charge in [-0.1, -0.05) is 38.1 Å². The summed E-state index contributed by atoms with van der Waals surface area (Å²) in [7, 11) is 0. The summed E-state index contributed by atoms with van der Waals surface area (Å²) in [5, 5.41) is 12.9. The summed E-state index contributed by atoms with van der Waals surface area (Å²) in [6.07, 6.45) is 2.51. The van der Waals surface area contributed by atoms with Gasteiger partial charge in [-0.15, -0.1) is 0 Å². The molecule has 0 saturated heterocycles. The van der Waals surface area contributed by atoms with Gasteiger partial charge in [0.2, 0.25) is 0 Å². The highest BCUT2D eigenvalue weighted by Gasteiger charge is 2.26. The molecule has 0 saturated carbocycles. The topological polar surface area (TPSA) is 73.9 Å². The monoisotopic (exact) mass is 313 g/mol. The van der Waals surface area contributed by atoms with Gasteiger partial charge in [0.1, 0.15) is 0 Å². The molecule has 0 bridgehead atoms. The molecule has 3 rings (SSSR count). The van der Waals surface area contributed by atoms with Gasteiger partial charge < -0.3 is 5.32 Å². The van der Waals surface area contributed by atoms with Crippen molar-refractivity contribution in [3.63, 3.8) is 0 Å². The van der Waals surface area contributed by atoms with E-state index in [1.807, 2.05) is 0 Å². The Bertz CT molecular complexity index is 653. The normalized spacial score (nSPS) is 16.1. The van der Waals surface area contributed by atoms with Gasteiger partial charge in [0.25, 0.3) is 5.91 Å². The molecular weight excluding hydrogens is 290 g/mol. The van der Waals surface area contributed by atoms with E-state index in [0.29, 0.717) is 24.2 Å². The van der Waals surface area contributed by atoms with Gasteiger partial charge in [-0.3, -0.25) is 9.69 Å². The van der Waals surface area contributed by atoms with E-state index in [9.17, 15) is 4.79 Å². The molecule has 0 radical (unpaired) electrons. The second kappa shape index (κ2) is 6.91. The van der Waals surface area contributed by atoms with E-state index in [4.69, 9.17) is 0 Å². The van der Waals surface area contributed by atoms with E-state index in [-0.39, 0.29) is 5.91 Å². The second-order valence-corrected chi connectivity index (χ2v) is 6.37. The smallest absolute Gasteiger partial charge is 0.273 e. The molecule has 2 aromatic rings. The molecular formula is C17H23N5O. The van der Waals surface area contributed by atoms with Gasteiger partial charge >= 0.3 is 0 Å². The summed E-state index contributed by atoms with van der Waals surface area (Å²) in [6.45, 7) is 6.99. The minimum atomic E-state index is -0.179. The zero-order valence-electron chi connectivity index (χ0n) is 13.6. The van der Waals surface area contributed by atoms with Crippen LogP contribution in [0.5, 0.6) is 0 Å². The van der Waals surface area contributed by atoms with E-state index in [2.05, 4.69) is 63.7 Å². The summed E-state index contributed by atoms with van der Waals surface area (Å²) in [4.78, 5) is 14.5. The van der Waals surface area contributed by atoms with Crippen molar-refractivity contribution in [3.8, 4) is 0 Å². The van der Waals surface area contributed by atoms with Crippen molar-refractivity contribution >= 4 is 5.91 Å². The van der Waals surface area contributed by atoms with E-state index in [1.165, 1.54) is 17.3 Å². The Morgan fingerprint density at radius 3 is 2.83 bits per heavy atom. The number of hydrogen-bond donors (Lipinski definition) is 2. The van der Waals surface area contributed by atoms with Crippen molar-refractivity contribution in [1.82, 2.24) is 25.6 Å². The molecule has 6 nitrogen and oxygen atoms in total. The van der Waals surface area contributed by atoms with Crippen LogP contribution >= 0.6 is 0 Å². The molecule has 6 heteroatoms. The van der Waals surface area contributed by atoms with E-state index >= 15 is 0 Å². The fourth-order valence-electron chi connectivity index (χ4n) is 3.19. The summed E-state index contributed by atoms with van der Waals surface area (Å²) < 4.78 is 0. The molecule has 2 heterocycles. The fraction of sp³-hybridized carbons (Fsp3) is 0.471. The van der Waals surface area contributed by atoms with Crippen LogP contribution in [0.15, 0.2) is 30.5 Å². The average Bonchev–Trinajstić information content (AvgIpc) is 3.09. The van der Waals surface area contributed by atoms with Crippen molar-refractivity contribution in [1.29, 1.82) is 0 Å². The summed E-state index contributed by atoms with van der Waals surface area (Å²) in [5.74, 6) is 0.277. The van der Waals surface area contributed by atoms with Crippen LogP contribution in [-0.4, -0.2) is 45.3 Å². The summed E-state index contributed by atoms with van der Waals surface area (Å²) >= 11 is 0. The first-order valence-corrected chi connectivity index (χ1v) is 8.10. The van der Waals surface area contributed by atoms with Crippen LogP contribution in [0.1, 0.15) is 35.5 Å².